The first kappa shape index (κ1) is 14.6. The van der Waals surface area contributed by atoms with Gasteiger partial charge in [-0.25, -0.2) is 4.39 Å². The average Bonchev–Trinajstić information content (AvgIpc) is 2.42. The van der Waals surface area contributed by atoms with Gasteiger partial charge in [-0.05, 0) is 36.4 Å². The molecule has 2 aromatic carbocycles. The Morgan fingerprint density at radius 2 is 1.70 bits per heavy atom. The molecule has 0 heterocycles. The van der Waals surface area contributed by atoms with Gasteiger partial charge in [-0.1, -0.05) is 23.2 Å². The highest BCUT2D eigenvalue weighted by Gasteiger charge is 2.14. The number of benzene rings is 2. The van der Waals surface area contributed by atoms with E-state index in [1.54, 1.807) is 12.1 Å². The molecule has 2 rings (SSSR count). The van der Waals surface area contributed by atoms with Crippen LogP contribution >= 0.6 is 23.2 Å². The summed E-state index contributed by atoms with van der Waals surface area (Å²) in [5.41, 5.74) is 2.92. The molecule has 4 N–H and O–H groups in total. The summed E-state index contributed by atoms with van der Waals surface area (Å²) in [6.07, 6.45) is 0. The number of hydrogen-bond donors (Lipinski definition) is 3. The number of anilines is 2. The zero-order chi connectivity index (χ0) is 14.7. The summed E-state index contributed by atoms with van der Waals surface area (Å²) in [5.74, 6) is 4.17. The second-order valence-electron chi connectivity index (χ2n) is 3.91. The average molecular weight is 314 g/mol. The van der Waals surface area contributed by atoms with Crippen LogP contribution in [0.5, 0.6) is 0 Å². The topological polar surface area (TPSA) is 67.1 Å². The SMILES string of the molecule is NNc1ccc(Cl)cc1C(=O)Nc1cc(Cl)ccc1F. The summed E-state index contributed by atoms with van der Waals surface area (Å²) >= 11 is 11.6. The Bertz CT molecular complexity index is 664. The molecule has 2 aromatic rings. The van der Waals surface area contributed by atoms with Crippen molar-refractivity contribution < 1.29 is 9.18 Å². The molecule has 0 aromatic heterocycles. The fraction of sp³-hybridized carbons (Fsp3) is 0. The largest absolute Gasteiger partial charge is 0.323 e. The molecule has 0 radical (unpaired) electrons. The minimum Gasteiger partial charge on any atom is -0.323 e. The number of nitrogens with two attached hydrogens (primary N) is 1. The van der Waals surface area contributed by atoms with E-state index in [4.69, 9.17) is 29.0 Å². The van der Waals surface area contributed by atoms with E-state index in [-0.39, 0.29) is 11.3 Å². The van der Waals surface area contributed by atoms with Gasteiger partial charge in [-0.3, -0.25) is 10.6 Å². The summed E-state index contributed by atoms with van der Waals surface area (Å²) in [6.45, 7) is 0. The van der Waals surface area contributed by atoms with Gasteiger partial charge in [-0.2, -0.15) is 0 Å². The smallest absolute Gasteiger partial charge is 0.257 e. The molecule has 0 atom stereocenters. The van der Waals surface area contributed by atoms with Crippen LogP contribution in [0.15, 0.2) is 36.4 Å². The number of carbonyl (C=O) groups excluding carboxylic acids is 1. The highest BCUT2D eigenvalue weighted by molar-refractivity contribution is 6.31. The van der Waals surface area contributed by atoms with Crippen molar-refractivity contribution in [1.82, 2.24) is 0 Å². The van der Waals surface area contributed by atoms with Gasteiger partial charge in [0.25, 0.3) is 5.91 Å². The van der Waals surface area contributed by atoms with Crippen LogP contribution in [0.1, 0.15) is 10.4 Å². The van der Waals surface area contributed by atoms with Crippen LogP contribution in [0.25, 0.3) is 0 Å². The standard InChI is InChI=1S/C13H10Cl2FN3O/c14-7-2-4-11(19-17)9(5-7)13(20)18-12-6-8(15)1-3-10(12)16/h1-6,19H,17H2,(H,18,20). The van der Waals surface area contributed by atoms with E-state index in [9.17, 15) is 9.18 Å². The highest BCUT2D eigenvalue weighted by Crippen LogP contribution is 2.24. The Labute approximate surface area is 124 Å². The van der Waals surface area contributed by atoms with Crippen LogP contribution in [-0.2, 0) is 0 Å². The summed E-state index contributed by atoms with van der Waals surface area (Å²) in [6, 6.07) is 8.42. The molecule has 4 nitrogen and oxygen atoms in total. The predicted octanol–water partition coefficient (Wildman–Crippen LogP) is 3.67. The molecule has 104 valence electrons. The molecule has 0 aliphatic carbocycles. The number of nitrogens with one attached hydrogen (secondary N) is 2. The molecule has 0 saturated heterocycles. The van der Waals surface area contributed by atoms with Gasteiger partial charge in [0.15, 0.2) is 0 Å². The van der Waals surface area contributed by atoms with E-state index >= 15 is 0 Å². The molecule has 0 unspecified atom stereocenters. The van der Waals surface area contributed by atoms with Crippen molar-refractivity contribution in [2.45, 2.75) is 0 Å². The third-order valence-electron chi connectivity index (χ3n) is 2.56. The first-order valence-electron chi connectivity index (χ1n) is 5.54. The molecule has 7 heteroatoms. The van der Waals surface area contributed by atoms with Gasteiger partial charge < -0.3 is 10.7 Å². The monoisotopic (exact) mass is 313 g/mol. The van der Waals surface area contributed by atoms with E-state index in [2.05, 4.69) is 10.7 Å². The molecule has 0 fully saturated rings. The number of amides is 1. The lowest BCUT2D eigenvalue weighted by atomic mass is 10.1. The van der Waals surface area contributed by atoms with E-state index in [0.29, 0.717) is 15.7 Å². The first-order valence-corrected chi connectivity index (χ1v) is 6.29. The number of nitrogen functional groups attached to an aromatic ring is 1. The number of carbonyl (C=O) groups is 1. The molecule has 0 spiro atoms. The van der Waals surface area contributed by atoms with Crippen LogP contribution in [0.2, 0.25) is 10.0 Å². The van der Waals surface area contributed by atoms with E-state index in [0.717, 1.165) is 6.07 Å². The van der Waals surface area contributed by atoms with Crippen LogP contribution in [0.3, 0.4) is 0 Å². The van der Waals surface area contributed by atoms with E-state index in [1.807, 2.05) is 0 Å². The van der Waals surface area contributed by atoms with Crippen molar-refractivity contribution in [3.8, 4) is 0 Å². The van der Waals surface area contributed by atoms with E-state index < -0.39 is 11.7 Å². The van der Waals surface area contributed by atoms with Gasteiger partial charge in [0.2, 0.25) is 0 Å². The fourth-order valence-corrected chi connectivity index (χ4v) is 1.96. The first-order chi connectivity index (χ1) is 9.51. The maximum Gasteiger partial charge on any atom is 0.257 e. The Morgan fingerprint density at radius 3 is 2.40 bits per heavy atom. The zero-order valence-corrected chi connectivity index (χ0v) is 11.6. The minimum atomic E-state index is -0.591. The molecular weight excluding hydrogens is 304 g/mol. The number of halogens is 3. The van der Waals surface area contributed by atoms with Crippen LogP contribution in [0, 0.1) is 5.82 Å². The van der Waals surface area contributed by atoms with Crippen molar-refractivity contribution in [2.24, 2.45) is 5.84 Å². The zero-order valence-electron chi connectivity index (χ0n) is 10.1. The number of hydrazine groups is 1. The molecule has 0 bridgehead atoms. The summed E-state index contributed by atoms with van der Waals surface area (Å²) in [7, 11) is 0. The maximum absolute atomic E-state index is 13.6. The molecule has 0 aliphatic rings. The third kappa shape index (κ3) is 3.19. The number of hydrogen-bond acceptors (Lipinski definition) is 3. The van der Waals surface area contributed by atoms with Crippen molar-refractivity contribution in [3.63, 3.8) is 0 Å². The summed E-state index contributed by atoms with van der Waals surface area (Å²) in [5, 5.41) is 3.09. The summed E-state index contributed by atoms with van der Waals surface area (Å²) in [4.78, 5) is 12.1. The van der Waals surface area contributed by atoms with E-state index in [1.165, 1.54) is 18.2 Å². The normalized spacial score (nSPS) is 10.2. The maximum atomic E-state index is 13.6. The van der Waals surface area contributed by atoms with Crippen LogP contribution in [0.4, 0.5) is 15.8 Å². The van der Waals surface area contributed by atoms with Crippen molar-refractivity contribution in [3.05, 3.63) is 57.8 Å². The van der Waals surface area contributed by atoms with Crippen LogP contribution < -0.4 is 16.6 Å². The molecular formula is C13H10Cl2FN3O. The molecule has 0 aliphatic heterocycles. The van der Waals surface area contributed by atoms with Crippen molar-refractivity contribution in [2.75, 3.05) is 10.7 Å². The second-order valence-corrected chi connectivity index (χ2v) is 4.79. The highest BCUT2D eigenvalue weighted by atomic mass is 35.5. The van der Waals surface area contributed by atoms with Gasteiger partial charge >= 0.3 is 0 Å². The van der Waals surface area contributed by atoms with Gasteiger partial charge in [0.1, 0.15) is 5.82 Å². The molecule has 1 amide bonds. The lowest BCUT2D eigenvalue weighted by Crippen LogP contribution is -2.17. The van der Waals surface area contributed by atoms with Gasteiger partial charge in [0.05, 0.1) is 16.9 Å². The molecule has 20 heavy (non-hydrogen) atoms. The van der Waals surface area contributed by atoms with Crippen LogP contribution in [-0.4, -0.2) is 5.91 Å². The quantitative estimate of drug-likeness (QED) is 0.598. The lowest BCUT2D eigenvalue weighted by Gasteiger charge is -2.11. The third-order valence-corrected chi connectivity index (χ3v) is 3.03. The van der Waals surface area contributed by atoms with Crippen molar-refractivity contribution >= 4 is 40.5 Å². The Hall–Kier alpha value is -1.82. The Morgan fingerprint density at radius 1 is 1.05 bits per heavy atom. The fourth-order valence-electron chi connectivity index (χ4n) is 1.61. The second kappa shape index (κ2) is 6.09. The summed E-state index contributed by atoms with van der Waals surface area (Å²) < 4.78 is 13.6. The predicted molar refractivity (Wildman–Crippen MR) is 78.6 cm³/mol. The minimum absolute atomic E-state index is 0.0227. The van der Waals surface area contributed by atoms with Gasteiger partial charge in [-0.15, -0.1) is 0 Å². The molecule has 0 saturated carbocycles. The Kier molecular flexibility index (Phi) is 4.44. The van der Waals surface area contributed by atoms with Crippen molar-refractivity contribution in [1.29, 1.82) is 0 Å². The number of rotatable bonds is 3. The van der Waals surface area contributed by atoms with Gasteiger partial charge in [0, 0.05) is 10.0 Å². The lowest BCUT2D eigenvalue weighted by molar-refractivity contribution is 0.102. The Balaban J connectivity index is 2.32.